The molecule has 0 bridgehead atoms. The van der Waals surface area contributed by atoms with Crippen molar-refractivity contribution < 1.29 is 9.26 Å². The predicted octanol–water partition coefficient (Wildman–Crippen LogP) is 1.75. The summed E-state index contributed by atoms with van der Waals surface area (Å²) in [6, 6.07) is 3.40. The molecule has 0 N–H and O–H groups in total. The van der Waals surface area contributed by atoms with Gasteiger partial charge in [0.25, 0.3) is 0 Å². The van der Waals surface area contributed by atoms with Crippen LogP contribution in [0.2, 0.25) is 5.15 Å². The summed E-state index contributed by atoms with van der Waals surface area (Å²) < 4.78 is 11.5. The van der Waals surface area contributed by atoms with Crippen molar-refractivity contribution in [2.75, 3.05) is 7.11 Å². The Bertz CT molecular complexity index is 720. The highest BCUT2D eigenvalue weighted by Crippen LogP contribution is 2.25. The van der Waals surface area contributed by atoms with Crippen LogP contribution in [0, 0.1) is 6.92 Å². The molecule has 0 fully saturated rings. The lowest BCUT2D eigenvalue weighted by atomic mass is 10.3. The zero-order valence-corrected chi connectivity index (χ0v) is 10.3. The molecule has 3 aromatic rings. The third kappa shape index (κ3) is 1.60. The molecule has 0 radical (unpaired) electrons. The highest BCUT2D eigenvalue weighted by Gasteiger charge is 2.15. The topological polar surface area (TPSA) is 78.3 Å². The largest absolute Gasteiger partial charge is 0.493 e. The first kappa shape index (κ1) is 11.0. The van der Waals surface area contributed by atoms with E-state index >= 15 is 0 Å². The molecule has 0 aliphatic rings. The molecule has 92 valence electrons. The molecule has 3 heterocycles. The van der Waals surface area contributed by atoms with Crippen LogP contribution in [0.3, 0.4) is 0 Å². The zero-order valence-electron chi connectivity index (χ0n) is 9.59. The van der Waals surface area contributed by atoms with E-state index in [9.17, 15) is 0 Å². The third-order valence-electron chi connectivity index (χ3n) is 2.39. The van der Waals surface area contributed by atoms with Gasteiger partial charge in [-0.3, -0.25) is 0 Å². The van der Waals surface area contributed by atoms with Crippen LogP contribution in [0.5, 0.6) is 5.75 Å². The molecule has 0 amide bonds. The molecule has 0 atom stereocenters. The van der Waals surface area contributed by atoms with E-state index in [-0.39, 0.29) is 5.15 Å². The summed E-state index contributed by atoms with van der Waals surface area (Å²) in [5.74, 6) is 1.59. The molecule has 0 saturated carbocycles. The number of ether oxygens (including phenoxy) is 1. The Labute approximate surface area is 106 Å². The Hall–Kier alpha value is -2.15. The highest BCUT2D eigenvalue weighted by atomic mass is 35.5. The minimum absolute atomic E-state index is 0.228. The summed E-state index contributed by atoms with van der Waals surface area (Å²) in [7, 11) is 1.51. The Morgan fingerprint density at radius 2 is 2.17 bits per heavy atom. The maximum absolute atomic E-state index is 5.97. The fourth-order valence-corrected chi connectivity index (χ4v) is 1.78. The summed E-state index contributed by atoms with van der Waals surface area (Å²) in [5.41, 5.74) is 1.07. The standard InChI is InChI=1S/C10H8ClN5O2/c1-5-3-6(15-18-5)10-13-12-8-4-7(17-2)9(11)14-16(8)10/h3-4H,1-2H3. The fraction of sp³-hybridized carbons (Fsp3) is 0.200. The second kappa shape index (κ2) is 3.95. The summed E-state index contributed by atoms with van der Waals surface area (Å²) >= 11 is 5.97. The number of aromatic nitrogens is 5. The van der Waals surface area contributed by atoms with Crippen LogP contribution < -0.4 is 4.74 Å². The van der Waals surface area contributed by atoms with Crippen LogP contribution in [0.4, 0.5) is 0 Å². The molecular formula is C10H8ClN5O2. The molecule has 0 saturated heterocycles. The van der Waals surface area contributed by atoms with E-state index in [2.05, 4.69) is 20.5 Å². The van der Waals surface area contributed by atoms with Gasteiger partial charge in [0.15, 0.2) is 22.2 Å². The molecule has 3 aromatic heterocycles. The maximum atomic E-state index is 5.97. The molecule has 0 aliphatic heterocycles. The quantitative estimate of drug-likeness (QED) is 0.702. The molecule has 7 nitrogen and oxygen atoms in total. The van der Waals surface area contributed by atoms with Crippen molar-refractivity contribution >= 4 is 17.2 Å². The molecule has 0 spiro atoms. The minimum Gasteiger partial charge on any atom is -0.493 e. The third-order valence-corrected chi connectivity index (χ3v) is 2.65. The second-order valence-electron chi connectivity index (χ2n) is 3.62. The lowest BCUT2D eigenvalue weighted by Crippen LogP contribution is -1.97. The summed E-state index contributed by atoms with van der Waals surface area (Å²) in [5, 5.41) is 16.2. The van der Waals surface area contributed by atoms with E-state index in [1.54, 1.807) is 19.1 Å². The van der Waals surface area contributed by atoms with Crippen molar-refractivity contribution in [2.24, 2.45) is 0 Å². The predicted molar refractivity (Wildman–Crippen MR) is 62.6 cm³/mol. The first-order valence-corrected chi connectivity index (χ1v) is 5.46. The number of hydrogen-bond donors (Lipinski definition) is 0. The number of aryl methyl sites for hydroxylation is 1. The van der Waals surface area contributed by atoms with Crippen LogP contribution in [0.1, 0.15) is 5.76 Å². The van der Waals surface area contributed by atoms with E-state index in [0.29, 0.717) is 28.7 Å². The molecule has 0 unspecified atom stereocenters. The van der Waals surface area contributed by atoms with Gasteiger partial charge in [-0.25, -0.2) is 0 Å². The Morgan fingerprint density at radius 3 is 2.83 bits per heavy atom. The van der Waals surface area contributed by atoms with Crippen molar-refractivity contribution in [1.82, 2.24) is 25.0 Å². The molecule has 0 aliphatic carbocycles. The first-order chi connectivity index (χ1) is 8.69. The fourth-order valence-electron chi connectivity index (χ4n) is 1.57. The Balaban J connectivity index is 2.23. The average molecular weight is 266 g/mol. The number of nitrogens with zero attached hydrogens (tertiary/aromatic N) is 5. The SMILES string of the molecule is COc1cc2nnc(-c3cc(C)on3)n2nc1Cl. The minimum atomic E-state index is 0.228. The van der Waals surface area contributed by atoms with Crippen LogP contribution in [-0.4, -0.2) is 32.1 Å². The lowest BCUT2D eigenvalue weighted by molar-refractivity contribution is 0.399. The Kier molecular flexibility index (Phi) is 2.41. The maximum Gasteiger partial charge on any atom is 0.207 e. The summed E-state index contributed by atoms with van der Waals surface area (Å²) in [6.07, 6.45) is 0. The number of halogens is 1. The molecule has 0 aromatic carbocycles. The lowest BCUT2D eigenvalue weighted by Gasteiger charge is -2.02. The number of fused-ring (bicyclic) bond motifs is 1. The summed E-state index contributed by atoms with van der Waals surface area (Å²) in [6.45, 7) is 1.79. The monoisotopic (exact) mass is 265 g/mol. The van der Waals surface area contributed by atoms with Gasteiger partial charge in [-0.1, -0.05) is 16.8 Å². The van der Waals surface area contributed by atoms with Gasteiger partial charge < -0.3 is 9.26 Å². The average Bonchev–Trinajstić information content (AvgIpc) is 2.94. The van der Waals surface area contributed by atoms with Gasteiger partial charge in [-0.05, 0) is 6.92 Å². The van der Waals surface area contributed by atoms with Gasteiger partial charge in [-0.15, -0.1) is 15.3 Å². The molecule has 18 heavy (non-hydrogen) atoms. The smallest absolute Gasteiger partial charge is 0.207 e. The zero-order chi connectivity index (χ0) is 12.7. The van der Waals surface area contributed by atoms with E-state index in [0.717, 1.165) is 0 Å². The summed E-state index contributed by atoms with van der Waals surface area (Å²) in [4.78, 5) is 0. The van der Waals surface area contributed by atoms with Gasteiger partial charge in [-0.2, -0.15) is 4.52 Å². The van der Waals surface area contributed by atoms with Crippen LogP contribution in [0.15, 0.2) is 16.7 Å². The van der Waals surface area contributed by atoms with Crippen molar-refractivity contribution in [3.8, 4) is 17.3 Å². The van der Waals surface area contributed by atoms with Crippen LogP contribution in [-0.2, 0) is 0 Å². The van der Waals surface area contributed by atoms with Gasteiger partial charge in [0.1, 0.15) is 5.76 Å². The van der Waals surface area contributed by atoms with Gasteiger partial charge >= 0.3 is 0 Å². The van der Waals surface area contributed by atoms with E-state index in [1.807, 2.05) is 0 Å². The molecule has 8 heteroatoms. The van der Waals surface area contributed by atoms with Crippen molar-refractivity contribution in [3.63, 3.8) is 0 Å². The van der Waals surface area contributed by atoms with Crippen LogP contribution in [0.25, 0.3) is 17.2 Å². The normalized spacial score (nSPS) is 11.1. The number of hydrogen-bond acceptors (Lipinski definition) is 6. The Morgan fingerprint density at radius 1 is 1.33 bits per heavy atom. The first-order valence-electron chi connectivity index (χ1n) is 5.08. The molecular weight excluding hydrogens is 258 g/mol. The second-order valence-corrected chi connectivity index (χ2v) is 3.98. The van der Waals surface area contributed by atoms with Crippen molar-refractivity contribution in [2.45, 2.75) is 6.92 Å². The number of methoxy groups -OCH3 is 1. The van der Waals surface area contributed by atoms with Crippen molar-refractivity contribution in [3.05, 3.63) is 23.0 Å². The van der Waals surface area contributed by atoms with E-state index in [1.165, 1.54) is 11.6 Å². The van der Waals surface area contributed by atoms with E-state index in [4.69, 9.17) is 20.9 Å². The van der Waals surface area contributed by atoms with E-state index < -0.39 is 0 Å². The van der Waals surface area contributed by atoms with Gasteiger partial charge in [0.05, 0.1) is 7.11 Å². The number of rotatable bonds is 2. The van der Waals surface area contributed by atoms with Gasteiger partial charge in [0, 0.05) is 12.1 Å². The van der Waals surface area contributed by atoms with Crippen LogP contribution >= 0.6 is 11.6 Å². The molecule has 3 rings (SSSR count). The highest BCUT2D eigenvalue weighted by molar-refractivity contribution is 6.30. The van der Waals surface area contributed by atoms with Crippen molar-refractivity contribution in [1.29, 1.82) is 0 Å². The van der Waals surface area contributed by atoms with Gasteiger partial charge in [0.2, 0.25) is 5.82 Å².